The molecule has 1 fully saturated rings. The predicted molar refractivity (Wildman–Crippen MR) is 104 cm³/mol. The van der Waals surface area contributed by atoms with E-state index in [9.17, 15) is 9.18 Å². The highest BCUT2D eigenvalue weighted by atomic mass is 19.1. The summed E-state index contributed by atoms with van der Waals surface area (Å²) in [6.07, 6.45) is 2.92. The molecule has 0 aliphatic heterocycles. The maximum Gasteiger partial charge on any atom is 0.226 e. The van der Waals surface area contributed by atoms with Gasteiger partial charge in [0.15, 0.2) is 11.6 Å². The molecule has 1 aliphatic carbocycles. The fourth-order valence-electron chi connectivity index (χ4n) is 3.07. The van der Waals surface area contributed by atoms with Gasteiger partial charge in [-0.15, -0.1) is 0 Å². The molecule has 0 bridgehead atoms. The van der Waals surface area contributed by atoms with Gasteiger partial charge in [0.25, 0.3) is 0 Å². The smallest absolute Gasteiger partial charge is 0.226 e. The van der Waals surface area contributed by atoms with Gasteiger partial charge in [-0.25, -0.2) is 9.07 Å². The van der Waals surface area contributed by atoms with Crippen molar-refractivity contribution in [2.45, 2.75) is 38.6 Å². The number of amides is 1. The van der Waals surface area contributed by atoms with Gasteiger partial charge in [-0.05, 0) is 50.5 Å². The molecule has 0 atom stereocenters. The number of nitrogens with zero attached hydrogens (tertiary/aromatic N) is 2. The number of ether oxygens (including phenoxy) is 1. The Balaban J connectivity index is 1.66. The Hall–Kier alpha value is -3.15. The van der Waals surface area contributed by atoms with Crippen LogP contribution in [0.1, 0.15) is 30.5 Å². The summed E-state index contributed by atoms with van der Waals surface area (Å²) in [6.45, 7) is 1.88. The van der Waals surface area contributed by atoms with E-state index in [0.717, 1.165) is 29.8 Å². The fraction of sp³-hybridized carbons (Fsp3) is 0.273. The number of aromatic nitrogens is 2. The molecule has 6 heteroatoms. The zero-order chi connectivity index (χ0) is 19.5. The maximum absolute atomic E-state index is 14.2. The van der Waals surface area contributed by atoms with Gasteiger partial charge in [0, 0.05) is 18.0 Å². The molecule has 1 N–H and O–H groups in total. The van der Waals surface area contributed by atoms with Crippen LogP contribution in [0.15, 0.2) is 54.6 Å². The van der Waals surface area contributed by atoms with Crippen LogP contribution in [0, 0.1) is 12.7 Å². The fourth-order valence-corrected chi connectivity index (χ4v) is 3.07. The molecule has 5 nitrogen and oxygen atoms in total. The van der Waals surface area contributed by atoms with E-state index in [4.69, 9.17) is 4.74 Å². The third kappa shape index (κ3) is 4.06. The Kier molecular flexibility index (Phi) is 5.10. The van der Waals surface area contributed by atoms with Crippen LogP contribution < -0.4 is 10.1 Å². The first-order valence-corrected chi connectivity index (χ1v) is 9.47. The first kappa shape index (κ1) is 18.2. The molecule has 144 valence electrons. The molecule has 1 aliphatic rings. The van der Waals surface area contributed by atoms with Crippen LogP contribution in [0.5, 0.6) is 11.6 Å². The van der Waals surface area contributed by atoms with Crippen LogP contribution >= 0.6 is 0 Å². The van der Waals surface area contributed by atoms with Crippen molar-refractivity contribution in [2.75, 3.05) is 0 Å². The van der Waals surface area contributed by atoms with Gasteiger partial charge in [0.1, 0.15) is 0 Å². The van der Waals surface area contributed by atoms with Gasteiger partial charge >= 0.3 is 0 Å². The minimum atomic E-state index is -0.446. The summed E-state index contributed by atoms with van der Waals surface area (Å²) >= 11 is 0. The number of carbonyl (C=O) groups excluding carboxylic acids is 1. The maximum atomic E-state index is 14.2. The van der Waals surface area contributed by atoms with E-state index < -0.39 is 5.82 Å². The number of rotatable bonds is 7. The summed E-state index contributed by atoms with van der Waals surface area (Å²) in [7, 11) is 0. The minimum absolute atomic E-state index is 0.0196. The normalized spacial score (nSPS) is 13.4. The van der Waals surface area contributed by atoms with Crippen molar-refractivity contribution >= 4 is 5.91 Å². The topological polar surface area (TPSA) is 56.2 Å². The lowest BCUT2D eigenvalue weighted by molar-refractivity contribution is -0.121. The SMILES string of the molecule is Cc1nn(-c2ccccc2)c(Oc2ccccc2F)c1CCC(=O)NC1CC1. The molecule has 0 spiro atoms. The second kappa shape index (κ2) is 7.84. The van der Waals surface area contributed by atoms with Crippen molar-refractivity contribution in [3.8, 4) is 17.3 Å². The highest BCUT2D eigenvalue weighted by molar-refractivity contribution is 5.77. The van der Waals surface area contributed by atoms with E-state index in [1.54, 1.807) is 22.9 Å². The average molecular weight is 379 g/mol. The van der Waals surface area contributed by atoms with E-state index in [2.05, 4.69) is 10.4 Å². The molecule has 3 aromatic rings. The molecule has 4 rings (SSSR count). The zero-order valence-electron chi connectivity index (χ0n) is 15.7. The van der Waals surface area contributed by atoms with Crippen LogP contribution in [-0.4, -0.2) is 21.7 Å². The van der Waals surface area contributed by atoms with E-state index in [1.807, 2.05) is 37.3 Å². The van der Waals surface area contributed by atoms with Gasteiger partial charge in [0.2, 0.25) is 11.8 Å². The number of halogens is 1. The van der Waals surface area contributed by atoms with Crippen LogP contribution in [0.2, 0.25) is 0 Å². The van der Waals surface area contributed by atoms with Gasteiger partial charge < -0.3 is 10.1 Å². The summed E-state index contributed by atoms with van der Waals surface area (Å²) in [4.78, 5) is 12.1. The number of carbonyl (C=O) groups is 1. The van der Waals surface area contributed by atoms with Crippen LogP contribution in [-0.2, 0) is 11.2 Å². The molecule has 0 saturated heterocycles. The van der Waals surface area contributed by atoms with Crippen molar-refractivity contribution in [3.63, 3.8) is 0 Å². The monoisotopic (exact) mass is 379 g/mol. The average Bonchev–Trinajstić information content (AvgIpc) is 3.46. The number of hydrogen-bond donors (Lipinski definition) is 1. The lowest BCUT2D eigenvalue weighted by Crippen LogP contribution is -2.25. The molecule has 1 heterocycles. The van der Waals surface area contributed by atoms with Gasteiger partial charge in [-0.3, -0.25) is 4.79 Å². The largest absolute Gasteiger partial charge is 0.436 e. The quantitative estimate of drug-likeness (QED) is 0.665. The Morgan fingerprint density at radius 1 is 1.18 bits per heavy atom. The van der Waals surface area contributed by atoms with Gasteiger partial charge in [0.05, 0.1) is 11.4 Å². The highest BCUT2D eigenvalue weighted by Crippen LogP contribution is 2.32. The lowest BCUT2D eigenvalue weighted by Gasteiger charge is -2.12. The number of aryl methyl sites for hydroxylation is 1. The third-order valence-electron chi connectivity index (χ3n) is 4.73. The molecular formula is C22H22FN3O2. The van der Waals surface area contributed by atoms with Gasteiger partial charge in [-0.2, -0.15) is 5.10 Å². The van der Waals surface area contributed by atoms with Crippen LogP contribution in [0.4, 0.5) is 4.39 Å². The van der Waals surface area contributed by atoms with Gasteiger partial charge in [-0.1, -0.05) is 30.3 Å². The standard InChI is InChI=1S/C22H22FN3O2/c1-15-18(13-14-21(27)24-16-11-12-16)22(28-20-10-6-5-9-19(20)23)26(25-15)17-7-3-2-4-8-17/h2-10,16H,11-14H2,1H3,(H,24,27). The van der Waals surface area contributed by atoms with Crippen molar-refractivity contribution in [3.05, 3.63) is 71.7 Å². The number of para-hydroxylation sites is 2. The second-order valence-electron chi connectivity index (χ2n) is 6.99. The zero-order valence-corrected chi connectivity index (χ0v) is 15.7. The Labute approximate surface area is 163 Å². The summed E-state index contributed by atoms with van der Waals surface area (Å²) in [5.41, 5.74) is 2.37. The predicted octanol–water partition coefficient (Wildman–Crippen LogP) is 4.32. The molecule has 1 aromatic heterocycles. The number of nitrogens with one attached hydrogen (secondary N) is 1. The molecular weight excluding hydrogens is 357 g/mol. The van der Waals surface area contributed by atoms with Crippen LogP contribution in [0.25, 0.3) is 5.69 Å². The summed E-state index contributed by atoms with van der Waals surface area (Å²) < 4.78 is 21.8. The van der Waals surface area contributed by atoms with Crippen molar-refractivity contribution in [1.29, 1.82) is 0 Å². The number of benzene rings is 2. The first-order chi connectivity index (χ1) is 13.6. The Bertz CT molecular complexity index is 981. The van der Waals surface area contributed by atoms with Crippen molar-refractivity contribution < 1.29 is 13.9 Å². The Morgan fingerprint density at radius 2 is 1.89 bits per heavy atom. The van der Waals surface area contributed by atoms with Crippen LogP contribution in [0.3, 0.4) is 0 Å². The first-order valence-electron chi connectivity index (χ1n) is 9.47. The highest BCUT2D eigenvalue weighted by Gasteiger charge is 2.24. The van der Waals surface area contributed by atoms with E-state index in [1.165, 1.54) is 6.07 Å². The minimum Gasteiger partial charge on any atom is -0.436 e. The molecule has 0 radical (unpaired) electrons. The second-order valence-corrected chi connectivity index (χ2v) is 6.99. The summed E-state index contributed by atoms with van der Waals surface area (Å²) in [5.74, 6) is 0.140. The third-order valence-corrected chi connectivity index (χ3v) is 4.73. The molecule has 28 heavy (non-hydrogen) atoms. The van der Waals surface area contributed by atoms with Crippen molar-refractivity contribution in [2.24, 2.45) is 0 Å². The van der Waals surface area contributed by atoms with E-state index in [-0.39, 0.29) is 11.7 Å². The summed E-state index contributed by atoms with van der Waals surface area (Å²) in [6, 6.07) is 16.1. The number of hydrogen-bond acceptors (Lipinski definition) is 3. The van der Waals surface area contributed by atoms with E-state index >= 15 is 0 Å². The molecule has 1 amide bonds. The van der Waals surface area contributed by atoms with Crippen molar-refractivity contribution in [1.82, 2.24) is 15.1 Å². The lowest BCUT2D eigenvalue weighted by atomic mass is 10.1. The van der Waals surface area contributed by atoms with E-state index in [0.29, 0.717) is 24.8 Å². The Morgan fingerprint density at radius 3 is 2.61 bits per heavy atom. The molecule has 0 unspecified atom stereocenters. The molecule has 1 saturated carbocycles. The summed E-state index contributed by atoms with van der Waals surface area (Å²) in [5, 5.41) is 7.59. The molecule has 2 aromatic carbocycles.